The molecule has 1 aliphatic heterocycles. The van der Waals surface area contributed by atoms with Crippen LogP contribution >= 0.6 is 0 Å². The van der Waals surface area contributed by atoms with Crippen molar-refractivity contribution in [1.82, 2.24) is 4.57 Å². The molecule has 0 unspecified atom stereocenters. The minimum atomic E-state index is -1.02. The van der Waals surface area contributed by atoms with Crippen LogP contribution in [-0.2, 0) is 11.3 Å². The summed E-state index contributed by atoms with van der Waals surface area (Å²) in [6.45, 7) is 2.95. The Kier molecular flexibility index (Phi) is 6.26. The molecule has 0 aliphatic carbocycles. The van der Waals surface area contributed by atoms with E-state index < -0.39 is 12.1 Å². The van der Waals surface area contributed by atoms with E-state index in [0.29, 0.717) is 48.3 Å². The molecule has 164 valence electrons. The van der Waals surface area contributed by atoms with Crippen LogP contribution in [0, 0.1) is 0 Å². The van der Waals surface area contributed by atoms with Crippen molar-refractivity contribution in [2.75, 3.05) is 13.2 Å². The number of aliphatic carboxylic acids is 1. The Morgan fingerprint density at radius 3 is 2.72 bits per heavy atom. The van der Waals surface area contributed by atoms with Crippen molar-refractivity contribution in [3.05, 3.63) is 83.7 Å². The summed E-state index contributed by atoms with van der Waals surface area (Å²) < 4.78 is 18.4. The maximum atomic E-state index is 13.0. The lowest BCUT2D eigenvalue weighted by atomic mass is 10.1. The Balaban J connectivity index is 1.45. The first-order valence-electron chi connectivity index (χ1n) is 10.3. The van der Waals surface area contributed by atoms with E-state index in [1.807, 2.05) is 35.0 Å². The number of aromatic nitrogens is 1. The number of allylic oxidation sites excluding steroid dienone is 1. The Morgan fingerprint density at radius 1 is 1.09 bits per heavy atom. The predicted molar refractivity (Wildman–Crippen MR) is 118 cm³/mol. The first-order chi connectivity index (χ1) is 15.5. The van der Waals surface area contributed by atoms with Gasteiger partial charge in [0, 0.05) is 18.3 Å². The van der Waals surface area contributed by atoms with Gasteiger partial charge in [0.2, 0.25) is 5.78 Å². The highest BCUT2D eigenvalue weighted by atomic mass is 16.6. The molecule has 3 aromatic rings. The molecule has 0 spiro atoms. The lowest BCUT2D eigenvalue weighted by Gasteiger charge is -2.18. The zero-order valence-corrected chi connectivity index (χ0v) is 17.6. The molecule has 1 aliphatic rings. The molecule has 4 rings (SSSR count). The van der Waals surface area contributed by atoms with Crippen molar-refractivity contribution in [3.63, 3.8) is 0 Å². The second-order valence-corrected chi connectivity index (χ2v) is 7.31. The molecule has 7 heteroatoms. The Bertz CT molecular complexity index is 1160. The van der Waals surface area contributed by atoms with Gasteiger partial charge in [-0.3, -0.25) is 4.79 Å². The number of carboxylic acid groups (broad SMARTS) is 1. The first kappa shape index (κ1) is 21.2. The lowest BCUT2D eigenvalue weighted by Crippen LogP contribution is -2.22. The van der Waals surface area contributed by atoms with Crippen LogP contribution in [0.3, 0.4) is 0 Å². The number of ether oxygens (including phenoxy) is 3. The number of carbonyl (C=O) groups excluding carboxylic acids is 1. The number of carbonyl (C=O) groups is 2. The maximum Gasteiger partial charge on any atom is 0.344 e. The predicted octanol–water partition coefficient (Wildman–Crippen LogP) is 4.06. The van der Waals surface area contributed by atoms with Crippen LogP contribution in [0.5, 0.6) is 17.2 Å². The van der Waals surface area contributed by atoms with Crippen LogP contribution in [0.2, 0.25) is 0 Å². The Morgan fingerprint density at radius 2 is 1.91 bits per heavy atom. The van der Waals surface area contributed by atoms with Gasteiger partial charge in [-0.1, -0.05) is 24.3 Å². The summed E-state index contributed by atoms with van der Waals surface area (Å²) in [5.41, 5.74) is 1.97. The number of fused-ring (bicyclic) bond motifs is 1. The van der Waals surface area contributed by atoms with Crippen molar-refractivity contribution in [1.29, 1.82) is 0 Å². The van der Waals surface area contributed by atoms with E-state index in [0.717, 1.165) is 5.56 Å². The fraction of sp³-hybridized carbons (Fsp3) is 0.200. The number of benzene rings is 2. The van der Waals surface area contributed by atoms with Gasteiger partial charge in [0.05, 0.1) is 5.69 Å². The molecule has 0 radical (unpaired) electrons. The van der Waals surface area contributed by atoms with Gasteiger partial charge in [0.25, 0.3) is 0 Å². The average Bonchev–Trinajstić information content (AvgIpc) is 3.27. The minimum absolute atomic E-state index is 0.0987. The van der Waals surface area contributed by atoms with E-state index in [2.05, 4.69) is 0 Å². The topological polar surface area (TPSA) is 87.0 Å². The summed E-state index contributed by atoms with van der Waals surface area (Å²) in [5, 5.41) is 8.99. The second-order valence-electron chi connectivity index (χ2n) is 7.31. The van der Waals surface area contributed by atoms with E-state index in [1.54, 1.807) is 42.5 Å². The zero-order chi connectivity index (χ0) is 22.5. The van der Waals surface area contributed by atoms with E-state index in [4.69, 9.17) is 19.3 Å². The SMILES string of the molecule is C[C@H](Oc1cccc(/C=C/Cn2cccc2C(=O)c2ccc3c(c2)OCCO3)c1)C(=O)O. The molecule has 0 amide bonds. The molecule has 32 heavy (non-hydrogen) atoms. The highest BCUT2D eigenvalue weighted by molar-refractivity contribution is 6.08. The fourth-order valence-corrected chi connectivity index (χ4v) is 3.36. The standard InChI is InChI=1S/C25H23NO6/c1-17(25(28)29)32-20-7-2-5-18(15-20)6-3-11-26-12-4-8-21(26)24(27)19-9-10-22-23(16-19)31-14-13-30-22/h2-10,12,15-17H,11,13-14H2,1H3,(H,28,29)/b6-3+/t17-/m0/s1. The summed E-state index contributed by atoms with van der Waals surface area (Å²) in [7, 11) is 0. The summed E-state index contributed by atoms with van der Waals surface area (Å²) in [5.74, 6) is 0.596. The van der Waals surface area contributed by atoms with Crippen LogP contribution in [0.15, 0.2) is 66.9 Å². The normalized spacial score (nSPS) is 13.7. The summed E-state index contributed by atoms with van der Waals surface area (Å²) in [4.78, 5) is 24.0. The largest absolute Gasteiger partial charge is 0.486 e. The van der Waals surface area contributed by atoms with Crippen molar-refractivity contribution >= 4 is 17.8 Å². The second kappa shape index (κ2) is 9.43. The molecule has 0 saturated carbocycles. The van der Waals surface area contributed by atoms with Gasteiger partial charge in [-0.25, -0.2) is 4.79 Å². The van der Waals surface area contributed by atoms with Crippen molar-refractivity contribution < 1.29 is 28.9 Å². The molecule has 1 N–H and O–H groups in total. The monoisotopic (exact) mass is 433 g/mol. The number of rotatable bonds is 8. The molecule has 0 saturated heterocycles. The van der Waals surface area contributed by atoms with Crippen LogP contribution in [-0.4, -0.2) is 40.7 Å². The van der Waals surface area contributed by atoms with Crippen LogP contribution < -0.4 is 14.2 Å². The number of nitrogens with zero attached hydrogens (tertiary/aromatic N) is 1. The number of hydrogen-bond donors (Lipinski definition) is 1. The third kappa shape index (κ3) is 4.83. The first-order valence-corrected chi connectivity index (χ1v) is 10.3. The third-order valence-electron chi connectivity index (χ3n) is 5.00. The highest BCUT2D eigenvalue weighted by Gasteiger charge is 2.18. The van der Waals surface area contributed by atoms with E-state index >= 15 is 0 Å². The highest BCUT2D eigenvalue weighted by Crippen LogP contribution is 2.31. The summed E-state index contributed by atoms with van der Waals surface area (Å²) in [6.07, 6.45) is 4.75. The summed E-state index contributed by atoms with van der Waals surface area (Å²) in [6, 6.07) is 16.0. The molecule has 2 aromatic carbocycles. The summed E-state index contributed by atoms with van der Waals surface area (Å²) >= 11 is 0. The molecule has 7 nitrogen and oxygen atoms in total. The molecular formula is C25H23NO6. The van der Waals surface area contributed by atoms with Gasteiger partial charge in [0.15, 0.2) is 17.6 Å². The van der Waals surface area contributed by atoms with Crippen LogP contribution in [0.4, 0.5) is 0 Å². The van der Waals surface area contributed by atoms with E-state index in [9.17, 15) is 9.59 Å². The number of carboxylic acids is 1. The molecule has 2 heterocycles. The molecule has 1 aromatic heterocycles. The minimum Gasteiger partial charge on any atom is -0.486 e. The average molecular weight is 433 g/mol. The van der Waals surface area contributed by atoms with Gasteiger partial charge in [-0.15, -0.1) is 0 Å². The van der Waals surface area contributed by atoms with Gasteiger partial charge >= 0.3 is 5.97 Å². The third-order valence-corrected chi connectivity index (χ3v) is 5.00. The van der Waals surface area contributed by atoms with Gasteiger partial charge in [0.1, 0.15) is 19.0 Å². The number of ketones is 1. The van der Waals surface area contributed by atoms with Crippen LogP contribution in [0.25, 0.3) is 6.08 Å². The fourth-order valence-electron chi connectivity index (χ4n) is 3.36. The molecular weight excluding hydrogens is 410 g/mol. The van der Waals surface area contributed by atoms with Crippen LogP contribution in [0.1, 0.15) is 28.5 Å². The quantitative estimate of drug-likeness (QED) is 0.539. The Hall–Kier alpha value is -4.00. The van der Waals surface area contributed by atoms with Gasteiger partial charge < -0.3 is 23.9 Å². The van der Waals surface area contributed by atoms with E-state index in [1.165, 1.54) is 6.92 Å². The lowest BCUT2D eigenvalue weighted by molar-refractivity contribution is -0.144. The molecule has 0 bridgehead atoms. The number of hydrogen-bond acceptors (Lipinski definition) is 5. The van der Waals surface area contributed by atoms with Crippen molar-refractivity contribution in [2.45, 2.75) is 19.6 Å². The maximum absolute atomic E-state index is 13.0. The molecule has 1 atom stereocenters. The zero-order valence-electron chi connectivity index (χ0n) is 17.6. The van der Waals surface area contributed by atoms with Crippen molar-refractivity contribution in [2.24, 2.45) is 0 Å². The Labute approximate surface area is 185 Å². The molecule has 0 fully saturated rings. The van der Waals surface area contributed by atoms with Crippen molar-refractivity contribution in [3.8, 4) is 17.2 Å². The smallest absolute Gasteiger partial charge is 0.344 e. The van der Waals surface area contributed by atoms with Gasteiger partial charge in [-0.2, -0.15) is 0 Å². The van der Waals surface area contributed by atoms with Gasteiger partial charge in [-0.05, 0) is 55.0 Å². The van der Waals surface area contributed by atoms with E-state index in [-0.39, 0.29) is 5.78 Å².